The van der Waals surface area contributed by atoms with E-state index < -0.39 is 10.0 Å². The molecule has 0 aliphatic carbocycles. The van der Waals surface area contributed by atoms with E-state index in [-0.39, 0.29) is 17.8 Å². The maximum Gasteiger partial charge on any atom is 0.209 e. The first-order valence-electron chi connectivity index (χ1n) is 5.17. The van der Waals surface area contributed by atoms with Gasteiger partial charge in [0.1, 0.15) is 0 Å². The van der Waals surface area contributed by atoms with E-state index in [1.807, 2.05) is 6.92 Å². The minimum Gasteiger partial charge on any atom is -0.381 e. The van der Waals surface area contributed by atoms with Crippen LogP contribution in [0, 0.1) is 5.92 Å². The largest absolute Gasteiger partial charge is 0.381 e. The van der Waals surface area contributed by atoms with Gasteiger partial charge < -0.3 is 9.47 Å². The molecule has 1 atom stereocenters. The molecule has 1 unspecified atom stereocenters. The van der Waals surface area contributed by atoms with E-state index in [0.717, 1.165) is 26.1 Å². The molecule has 1 aliphatic rings. The number of ether oxygens (including phenoxy) is 2. The van der Waals surface area contributed by atoms with E-state index in [1.165, 1.54) is 0 Å². The highest BCUT2D eigenvalue weighted by atomic mass is 32.2. The van der Waals surface area contributed by atoms with Gasteiger partial charge in [0.2, 0.25) is 10.0 Å². The molecular weight excluding hydrogens is 218 g/mol. The lowest BCUT2D eigenvalue weighted by molar-refractivity contribution is -0.0393. The van der Waals surface area contributed by atoms with Crippen molar-refractivity contribution in [3.05, 3.63) is 0 Å². The molecule has 15 heavy (non-hydrogen) atoms. The molecule has 0 spiro atoms. The third-order valence-corrected chi connectivity index (χ3v) is 3.34. The number of hydrogen-bond donors (Lipinski definition) is 1. The lowest BCUT2D eigenvalue weighted by Crippen LogP contribution is -2.28. The Hall–Kier alpha value is -0.170. The number of sulfonamides is 1. The SMILES string of the molecule is CC(COC1CCOCC1)CS(N)(=O)=O. The van der Waals surface area contributed by atoms with Gasteiger partial charge in [-0.15, -0.1) is 0 Å². The molecule has 0 aromatic heterocycles. The second-order valence-electron chi connectivity index (χ2n) is 4.08. The van der Waals surface area contributed by atoms with Crippen molar-refractivity contribution in [2.45, 2.75) is 25.9 Å². The van der Waals surface area contributed by atoms with Crippen molar-refractivity contribution in [3.8, 4) is 0 Å². The fourth-order valence-electron chi connectivity index (χ4n) is 1.59. The molecule has 1 rings (SSSR count). The minimum absolute atomic E-state index is 0.0176. The zero-order chi connectivity index (χ0) is 11.3. The first-order valence-corrected chi connectivity index (χ1v) is 6.89. The van der Waals surface area contributed by atoms with Gasteiger partial charge >= 0.3 is 0 Å². The summed E-state index contributed by atoms with van der Waals surface area (Å²) in [6.45, 7) is 3.73. The lowest BCUT2D eigenvalue weighted by atomic mass is 10.1. The van der Waals surface area contributed by atoms with Crippen LogP contribution in [-0.2, 0) is 19.5 Å². The normalized spacial score (nSPS) is 21.5. The Bertz CT molecular complexity index is 272. The second-order valence-corrected chi connectivity index (χ2v) is 5.74. The molecule has 1 fully saturated rings. The number of primary sulfonamides is 1. The van der Waals surface area contributed by atoms with Crippen LogP contribution >= 0.6 is 0 Å². The maximum atomic E-state index is 10.8. The Morgan fingerprint density at radius 3 is 2.60 bits per heavy atom. The van der Waals surface area contributed by atoms with Crippen LogP contribution in [0.5, 0.6) is 0 Å². The van der Waals surface area contributed by atoms with Gasteiger partial charge in [0.15, 0.2) is 0 Å². The van der Waals surface area contributed by atoms with E-state index in [1.54, 1.807) is 0 Å². The highest BCUT2D eigenvalue weighted by molar-refractivity contribution is 7.89. The Morgan fingerprint density at radius 2 is 2.07 bits per heavy atom. The third kappa shape index (κ3) is 6.09. The predicted molar refractivity (Wildman–Crippen MR) is 56.9 cm³/mol. The van der Waals surface area contributed by atoms with Crippen molar-refractivity contribution in [2.75, 3.05) is 25.6 Å². The van der Waals surface area contributed by atoms with Crippen LogP contribution < -0.4 is 5.14 Å². The van der Waals surface area contributed by atoms with E-state index in [4.69, 9.17) is 14.6 Å². The van der Waals surface area contributed by atoms with E-state index in [9.17, 15) is 8.42 Å². The molecule has 0 aromatic rings. The van der Waals surface area contributed by atoms with Gasteiger partial charge in [0.25, 0.3) is 0 Å². The summed E-state index contributed by atoms with van der Waals surface area (Å²) in [4.78, 5) is 0. The quantitative estimate of drug-likeness (QED) is 0.736. The summed E-state index contributed by atoms with van der Waals surface area (Å²) in [5, 5.41) is 4.94. The summed E-state index contributed by atoms with van der Waals surface area (Å²) in [6.07, 6.45) is 1.99. The van der Waals surface area contributed by atoms with Gasteiger partial charge in [0.05, 0.1) is 18.5 Å². The van der Waals surface area contributed by atoms with Crippen molar-refractivity contribution in [2.24, 2.45) is 11.1 Å². The second kappa shape index (κ2) is 5.79. The van der Waals surface area contributed by atoms with Crippen molar-refractivity contribution in [3.63, 3.8) is 0 Å². The predicted octanol–water partition coefficient (Wildman–Crippen LogP) is 0.107. The standard InChI is InChI=1S/C9H19NO4S/c1-8(7-15(10,11)12)6-14-9-2-4-13-5-3-9/h8-9H,2-7H2,1H3,(H2,10,11,12). The number of hydrogen-bond acceptors (Lipinski definition) is 4. The first-order chi connectivity index (χ1) is 6.97. The Morgan fingerprint density at radius 1 is 1.47 bits per heavy atom. The van der Waals surface area contributed by atoms with E-state index >= 15 is 0 Å². The van der Waals surface area contributed by atoms with Gasteiger partial charge in [-0.2, -0.15) is 0 Å². The van der Waals surface area contributed by atoms with Gasteiger partial charge in [-0.05, 0) is 18.8 Å². The molecule has 0 radical (unpaired) electrons. The molecular formula is C9H19NO4S. The zero-order valence-corrected chi connectivity index (χ0v) is 9.83. The summed E-state index contributed by atoms with van der Waals surface area (Å²) in [6, 6.07) is 0. The third-order valence-electron chi connectivity index (χ3n) is 2.30. The van der Waals surface area contributed by atoms with E-state index in [0.29, 0.717) is 6.61 Å². The summed E-state index contributed by atoms with van der Waals surface area (Å²) in [7, 11) is -3.38. The maximum absolute atomic E-state index is 10.8. The number of rotatable bonds is 5. The number of nitrogens with two attached hydrogens (primary N) is 1. The average Bonchev–Trinajstić information content (AvgIpc) is 2.14. The molecule has 5 nitrogen and oxygen atoms in total. The van der Waals surface area contributed by atoms with Crippen LogP contribution in [0.25, 0.3) is 0 Å². The van der Waals surface area contributed by atoms with Crippen LogP contribution in [0.15, 0.2) is 0 Å². The van der Waals surface area contributed by atoms with Gasteiger partial charge in [0, 0.05) is 13.2 Å². The molecule has 0 bridgehead atoms. The summed E-state index contributed by atoms with van der Waals surface area (Å²) >= 11 is 0. The molecule has 0 amide bonds. The smallest absolute Gasteiger partial charge is 0.209 e. The highest BCUT2D eigenvalue weighted by Crippen LogP contribution is 2.12. The van der Waals surface area contributed by atoms with Crippen molar-refractivity contribution < 1.29 is 17.9 Å². The molecule has 1 aliphatic heterocycles. The molecule has 6 heteroatoms. The topological polar surface area (TPSA) is 78.6 Å². The monoisotopic (exact) mass is 237 g/mol. The molecule has 0 aromatic carbocycles. The van der Waals surface area contributed by atoms with Gasteiger partial charge in [-0.3, -0.25) is 0 Å². The minimum atomic E-state index is -3.38. The molecule has 1 saturated heterocycles. The van der Waals surface area contributed by atoms with Crippen LogP contribution in [0.2, 0.25) is 0 Å². The molecule has 2 N–H and O–H groups in total. The fourth-order valence-corrected chi connectivity index (χ4v) is 2.48. The van der Waals surface area contributed by atoms with Crippen molar-refractivity contribution in [1.82, 2.24) is 0 Å². The van der Waals surface area contributed by atoms with Crippen LogP contribution in [0.3, 0.4) is 0 Å². The Balaban J connectivity index is 2.18. The summed E-state index contributed by atoms with van der Waals surface area (Å²) in [5.41, 5.74) is 0. The zero-order valence-electron chi connectivity index (χ0n) is 9.02. The van der Waals surface area contributed by atoms with Gasteiger partial charge in [-0.1, -0.05) is 6.92 Å². The average molecular weight is 237 g/mol. The first kappa shape index (κ1) is 12.9. The Labute approximate surface area is 91.0 Å². The summed E-state index contributed by atoms with van der Waals surface area (Å²) in [5.74, 6) is -0.0706. The Kier molecular flexibility index (Phi) is 4.98. The van der Waals surface area contributed by atoms with Crippen LogP contribution in [0.4, 0.5) is 0 Å². The fraction of sp³-hybridized carbons (Fsp3) is 1.00. The molecule has 0 saturated carbocycles. The van der Waals surface area contributed by atoms with Crippen LogP contribution in [-0.4, -0.2) is 40.1 Å². The highest BCUT2D eigenvalue weighted by Gasteiger charge is 2.17. The van der Waals surface area contributed by atoms with Gasteiger partial charge in [-0.25, -0.2) is 13.6 Å². The van der Waals surface area contributed by atoms with Crippen molar-refractivity contribution >= 4 is 10.0 Å². The summed E-state index contributed by atoms with van der Waals surface area (Å²) < 4.78 is 32.4. The lowest BCUT2D eigenvalue weighted by Gasteiger charge is -2.23. The van der Waals surface area contributed by atoms with E-state index in [2.05, 4.69) is 0 Å². The molecule has 90 valence electrons. The molecule has 1 heterocycles. The van der Waals surface area contributed by atoms with Crippen molar-refractivity contribution in [1.29, 1.82) is 0 Å². The van der Waals surface area contributed by atoms with Crippen LogP contribution in [0.1, 0.15) is 19.8 Å².